The smallest absolute Gasteiger partial charge is 0.147 e. The van der Waals surface area contributed by atoms with Gasteiger partial charge in [0, 0.05) is 11.2 Å². The summed E-state index contributed by atoms with van der Waals surface area (Å²) in [5.41, 5.74) is 0. The number of carbonyl (C=O) groups excluding carboxylic acids is 1. The molecular formula is C7H10Br2O. The van der Waals surface area contributed by atoms with Crippen LogP contribution in [0.5, 0.6) is 0 Å². The number of hydrogen-bond donors (Lipinski definition) is 0. The summed E-state index contributed by atoms with van der Waals surface area (Å²) in [5, 5.41) is 0. The van der Waals surface area contributed by atoms with Crippen LogP contribution in [0.25, 0.3) is 0 Å². The number of halogens is 2. The molecule has 0 radical (unpaired) electrons. The van der Waals surface area contributed by atoms with E-state index in [0.29, 0.717) is 10.6 Å². The molecule has 1 nitrogen and oxygen atoms in total. The zero-order valence-electron chi connectivity index (χ0n) is 5.65. The lowest BCUT2D eigenvalue weighted by atomic mass is 10.2. The summed E-state index contributed by atoms with van der Waals surface area (Å²) in [6.45, 7) is 0. The standard InChI is InChI=1S/C7H10Br2O/c8-5-3-1-2-4-6(10)7(5)9/h5,7H,1-4H2. The molecule has 0 bridgehead atoms. The van der Waals surface area contributed by atoms with E-state index in [4.69, 9.17) is 0 Å². The summed E-state index contributed by atoms with van der Waals surface area (Å²) in [5.74, 6) is 0.347. The van der Waals surface area contributed by atoms with Crippen molar-refractivity contribution < 1.29 is 4.79 Å². The van der Waals surface area contributed by atoms with E-state index < -0.39 is 0 Å². The minimum absolute atomic E-state index is 0.0509. The Morgan fingerprint density at radius 2 is 2.00 bits per heavy atom. The van der Waals surface area contributed by atoms with Crippen LogP contribution in [-0.2, 0) is 4.79 Å². The van der Waals surface area contributed by atoms with E-state index in [9.17, 15) is 4.79 Å². The van der Waals surface area contributed by atoms with E-state index >= 15 is 0 Å². The topological polar surface area (TPSA) is 17.1 Å². The largest absolute Gasteiger partial charge is 0.298 e. The summed E-state index contributed by atoms with van der Waals surface area (Å²) in [6, 6.07) is 0. The number of alkyl halides is 2. The lowest BCUT2D eigenvalue weighted by Gasteiger charge is -2.09. The van der Waals surface area contributed by atoms with Crippen LogP contribution in [0.4, 0.5) is 0 Å². The number of rotatable bonds is 0. The van der Waals surface area contributed by atoms with Gasteiger partial charge >= 0.3 is 0 Å². The molecule has 1 rings (SSSR count). The fraction of sp³-hybridized carbons (Fsp3) is 0.857. The van der Waals surface area contributed by atoms with Crippen molar-refractivity contribution in [1.82, 2.24) is 0 Å². The normalized spacial score (nSPS) is 35.6. The average Bonchev–Trinajstić information content (AvgIpc) is 2.04. The molecule has 1 aliphatic carbocycles. The van der Waals surface area contributed by atoms with Crippen molar-refractivity contribution in [3.63, 3.8) is 0 Å². The SMILES string of the molecule is O=C1CCCCC(Br)C1Br. The molecule has 2 atom stereocenters. The van der Waals surface area contributed by atoms with Gasteiger partial charge in [0.25, 0.3) is 0 Å². The van der Waals surface area contributed by atoms with E-state index in [1.807, 2.05) is 0 Å². The van der Waals surface area contributed by atoms with Gasteiger partial charge < -0.3 is 0 Å². The average molecular weight is 270 g/mol. The van der Waals surface area contributed by atoms with Crippen molar-refractivity contribution in [1.29, 1.82) is 0 Å². The summed E-state index contributed by atoms with van der Waals surface area (Å²) in [7, 11) is 0. The van der Waals surface area contributed by atoms with Gasteiger partial charge in [-0.15, -0.1) is 0 Å². The van der Waals surface area contributed by atoms with Crippen molar-refractivity contribution in [3.05, 3.63) is 0 Å². The van der Waals surface area contributed by atoms with Crippen molar-refractivity contribution in [3.8, 4) is 0 Å². The molecule has 0 aromatic heterocycles. The first kappa shape index (κ1) is 8.72. The Bertz CT molecular complexity index is 136. The predicted molar refractivity (Wildman–Crippen MR) is 48.9 cm³/mol. The molecule has 0 aromatic rings. The van der Waals surface area contributed by atoms with Crippen molar-refractivity contribution in [2.75, 3.05) is 0 Å². The van der Waals surface area contributed by atoms with Crippen LogP contribution >= 0.6 is 31.9 Å². The number of hydrogen-bond acceptors (Lipinski definition) is 1. The van der Waals surface area contributed by atoms with Crippen LogP contribution in [0.1, 0.15) is 25.7 Å². The maximum Gasteiger partial charge on any atom is 0.147 e. The van der Waals surface area contributed by atoms with Crippen molar-refractivity contribution >= 4 is 37.6 Å². The molecular weight excluding hydrogens is 260 g/mol. The first-order valence-electron chi connectivity index (χ1n) is 3.52. The zero-order chi connectivity index (χ0) is 7.56. The summed E-state index contributed by atoms with van der Waals surface area (Å²) < 4.78 is 0. The lowest BCUT2D eigenvalue weighted by Crippen LogP contribution is -2.21. The van der Waals surface area contributed by atoms with Gasteiger partial charge in [-0.25, -0.2) is 0 Å². The Morgan fingerprint density at radius 1 is 1.30 bits per heavy atom. The zero-order valence-corrected chi connectivity index (χ0v) is 8.82. The first-order valence-corrected chi connectivity index (χ1v) is 5.36. The Balaban J connectivity index is 2.55. The molecule has 0 aromatic carbocycles. The quantitative estimate of drug-likeness (QED) is 0.488. The van der Waals surface area contributed by atoms with E-state index in [1.54, 1.807) is 0 Å². The van der Waals surface area contributed by atoms with E-state index in [0.717, 1.165) is 19.3 Å². The lowest BCUT2D eigenvalue weighted by molar-refractivity contribution is -0.118. The predicted octanol–water partition coefficient (Wildman–Crippen LogP) is 2.66. The third-order valence-corrected chi connectivity index (χ3v) is 4.62. The second-order valence-electron chi connectivity index (χ2n) is 2.63. The molecule has 0 amide bonds. The van der Waals surface area contributed by atoms with Gasteiger partial charge in [0.05, 0.1) is 4.83 Å². The molecule has 58 valence electrons. The van der Waals surface area contributed by atoms with Gasteiger partial charge in [-0.1, -0.05) is 38.3 Å². The Labute approximate surface area is 77.8 Å². The third kappa shape index (κ3) is 2.06. The molecule has 0 heterocycles. The van der Waals surface area contributed by atoms with Gasteiger partial charge in [-0.3, -0.25) is 4.79 Å². The summed E-state index contributed by atoms with van der Waals surface area (Å²) in [6.07, 6.45) is 4.09. The molecule has 1 aliphatic rings. The maximum atomic E-state index is 11.1. The van der Waals surface area contributed by atoms with Crippen LogP contribution in [0, 0.1) is 0 Å². The van der Waals surface area contributed by atoms with Crippen LogP contribution in [0.2, 0.25) is 0 Å². The van der Waals surface area contributed by atoms with Gasteiger partial charge in [0.1, 0.15) is 5.78 Å². The fourth-order valence-corrected chi connectivity index (χ4v) is 2.24. The second kappa shape index (κ2) is 3.86. The van der Waals surface area contributed by atoms with Gasteiger partial charge in [-0.05, 0) is 12.8 Å². The molecule has 10 heavy (non-hydrogen) atoms. The molecule has 0 saturated heterocycles. The van der Waals surface area contributed by atoms with Gasteiger partial charge in [0.15, 0.2) is 0 Å². The third-order valence-electron chi connectivity index (χ3n) is 1.78. The van der Waals surface area contributed by atoms with Crippen LogP contribution < -0.4 is 0 Å². The number of ketones is 1. The van der Waals surface area contributed by atoms with Crippen molar-refractivity contribution in [2.24, 2.45) is 0 Å². The molecule has 0 aliphatic heterocycles. The Kier molecular flexibility index (Phi) is 3.37. The van der Waals surface area contributed by atoms with Gasteiger partial charge in [0.2, 0.25) is 0 Å². The summed E-state index contributed by atoms with van der Waals surface area (Å²) >= 11 is 6.85. The van der Waals surface area contributed by atoms with Crippen molar-refractivity contribution in [2.45, 2.75) is 35.3 Å². The maximum absolute atomic E-state index is 11.1. The molecule has 1 saturated carbocycles. The highest BCUT2D eigenvalue weighted by Crippen LogP contribution is 2.26. The summed E-state index contributed by atoms with van der Waals surface area (Å²) in [4.78, 5) is 11.5. The molecule has 3 heteroatoms. The minimum atomic E-state index is 0.0509. The molecule has 1 fully saturated rings. The monoisotopic (exact) mass is 268 g/mol. The number of Topliss-reactive ketones (excluding diaryl/α,β-unsaturated/α-hetero) is 1. The van der Waals surface area contributed by atoms with Crippen LogP contribution in [0.3, 0.4) is 0 Å². The van der Waals surface area contributed by atoms with E-state index in [2.05, 4.69) is 31.9 Å². The minimum Gasteiger partial charge on any atom is -0.298 e. The van der Waals surface area contributed by atoms with E-state index in [-0.39, 0.29) is 4.83 Å². The molecule has 0 N–H and O–H groups in total. The second-order valence-corrected chi connectivity index (χ2v) is 4.79. The number of carbonyl (C=O) groups is 1. The fourth-order valence-electron chi connectivity index (χ4n) is 1.12. The molecule has 2 unspecified atom stereocenters. The highest BCUT2D eigenvalue weighted by molar-refractivity contribution is 9.12. The highest BCUT2D eigenvalue weighted by Gasteiger charge is 2.25. The van der Waals surface area contributed by atoms with E-state index in [1.165, 1.54) is 6.42 Å². The van der Waals surface area contributed by atoms with Crippen LogP contribution in [0.15, 0.2) is 0 Å². The first-order chi connectivity index (χ1) is 4.72. The highest BCUT2D eigenvalue weighted by atomic mass is 79.9. The Hall–Kier alpha value is 0.630. The van der Waals surface area contributed by atoms with Gasteiger partial charge in [-0.2, -0.15) is 0 Å². The molecule has 0 spiro atoms. The Morgan fingerprint density at radius 3 is 2.70 bits per heavy atom. The van der Waals surface area contributed by atoms with Crippen LogP contribution in [-0.4, -0.2) is 15.4 Å².